The van der Waals surface area contributed by atoms with E-state index >= 15 is 0 Å². The fourth-order valence-electron chi connectivity index (χ4n) is 2.67. The van der Waals surface area contributed by atoms with Crippen LogP contribution in [0.3, 0.4) is 0 Å². The summed E-state index contributed by atoms with van der Waals surface area (Å²) in [6.07, 6.45) is -4.44. The molecule has 0 unspecified atom stereocenters. The zero-order valence-corrected chi connectivity index (χ0v) is 16.4. The Hall–Kier alpha value is -2.14. The molecule has 1 heterocycles. The Kier molecular flexibility index (Phi) is 5.58. The Bertz CT molecular complexity index is 951. The number of halogens is 3. The van der Waals surface area contributed by atoms with Crippen LogP contribution in [0.5, 0.6) is 0 Å². The van der Waals surface area contributed by atoms with Crippen LogP contribution >= 0.6 is 0 Å². The standard InChI is InChI=1S/C16H21F3N4O3S/c1-6-10-7-11(9(2)3)12(8-13(10)27(24,25)26)23-15(22(4)5)20-14(21-23)16(17,18)19/h7-9H,6H2,1-5H3,(H,24,25,26). The second-order valence-electron chi connectivity index (χ2n) is 6.54. The van der Waals surface area contributed by atoms with E-state index in [-0.39, 0.29) is 22.4 Å². The Morgan fingerprint density at radius 1 is 1.26 bits per heavy atom. The molecule has 0 atom stereocenters. The van der Waals surface area contributed by atoms with Crippen molar-refractivity contribution in [1.29, 1.82) is 0 Å². The normalized spacial score (nSPS) is 12.7. The second kappa shape index (κ2) is 7.12. The van der Waals surface area contributed by atoms with E-state index in [9.17, 15) is 26.1 Å². The molecule has 1 aromatic carbocycles. The molecule has 0 aliphatic carbocycles. The smallest absolute Gasteiger partial charge is 0.347 e. The highest BCUT2D eigenvalue weighted by Gasteiger charge is 2.38. The molecule has 1 N–H and O–H groups in total. The maximum absolute atomic E-state index is 13.1. The Morgan fingerprint density at radius 2 is 1.85 bits per heavy atom. The monoisotopic (exact) mass is 406 g/mol. The summed E-state index contributed by atoms with van der Waals surface area (Å²) >= 11 is 0. The van der Waals surface area contributed by atoms with Gasteiger partial charge >= 0.3 is 6.18 Å². The lowest BCUT2D eigenvalue weighted by atomic mass is 9.97. The molecule has 11 heteroatoms. The summed E-state index contributed by atoms with van der Waals surface area (Å²) in [5.74, 6) is -1.60. The minimum absolute atomic E-state index is 0.113. The fourth-order valence-corrected chi connectivity index (χ4v) is 3.47. The topological polar surface area (TPSA) is 88.3 Å². The summed E-state index contributed by atoms with van der Waals surface area (Å²) in [7, 11) is -1.57. The van der Waals surface area contributed by atoms with Gasteiger partial charge in [0.15, 0.2) is 0 Å². The Balaban J connectivity index is 2.91. The number of rotatable bonds is 5. The molecule has 0 bridgehead atoms. The van der Waals surface area contributed by atoms with Crippen LogP contribution in [0.15, 0.2) is 17.0 Å². The lowest BCUT2D eigenvalue weighted by Gasteiger charge is -2.19. The summed E-state index contributed by atoms with van der Waals surface area (Å²) < 4.78 is 73.4. The number of hydrogen-bond donors (Lipinski definition) is 1. The predicted molar refractivity (Wildman–Crippen MR) is 94.0 cm³/mol. The van der Waals surface area contributed by atoms with Crippen molar-refractivity contribution in [1.82, 2.24) is 14.8 Å². The number of benzene rings is 1. The van der Waals surface area contributed by atoms with Crippen LogP contribution < -0.4 is 4.90 Å². The third-order valence-electron chi connectivity index (χ3n) is 3.96. The lowest BCUT2D eigenvalue weighted by molar-refractivity contribution is -0.144. The summed E-state index contributed by atoms with van der Waals surface area (Å²) in [5, 5.41) is 3.56. The summed E-state index contributed by atoms with van der Waals surface area (Å²) in [6.45, 7) is 5.36. The summed E-state index contributed by atoms with van der Waals surface area (Å²) in [4.78, 5) is 4.51. The molecular formula is C16H21F3N4O3S. The van der Waals surface area contributed by atoms with Gasteiger partial charge in [0.1, 0.15) is 0 Å². The molecule has 150 valence electrons. The van der Waals surface area contributed by atoms with Gasteiger partial charge in [-0.15, -0.1) is 5.10 Å². The molecule has 0 saturated heterocycles. The minimum Gasteiger partial charge on any atom is -0.347 e. The highest BCUT2D eigenvalue weighted by molar-refractivity contribution is 7.85. The van der Waals surface area contributed by atoms with Crippen LogP contribution in [0.2, 0.25) is 0 Å². The van der Waals surface area contributed by atoms with E-state index in [1.54, 1.807) is 13.0 Å². The van der Waals surface area contributed by atoms with Gasteiger partial charge in [-0.05, 0) is 29.5 Å². The van der Waals surface area contributed by atoms with Crippen LogP contribution in [0.25, 0.3) is 5.69 Å². The van der Waals surface area contributed by atoms with Crippen LogP contribution in [0.1, 0.15) is 43.6 Å². The van der Waals surface area contributed by atoms with E-state index in [2.05, 4.69) is 10.1 Å². The second-order valence-corrected chi connectivity index (χ2v) is 7.93. The lowest BCUT2D eigenvalue weighted by Crippen LogP contribution is -2.17. The molecule has 7 nitrogen and oxygen atoms in total. The van der Waals surface area contributed by atoms with Gasteiger partial charge in [0.2, 0.25) is 5.95 Å². The van der Waals surface area contributed by atoms with Gasteiger partial charge in [-0.3, -0.25) is 4.55 Å². The van der Waals surface area contributed by atoms with Crippen molar-refractivity contribution in [3.63, 3.8) is 0 Å². The third kappa shape index (κ3) is 4.24. The predicted octanol–water partition coefficient (Wildman–Crippen LogP) is 3.28. The van der Waals surface area contributed by atoms with E-state index in [0.29, 0.717) is 17.5 Å². The van der Waals surface area contributed by atoms with E-state index in [1.807, 2.05) is 13.8 Å². The number of anilines is 1. The molecule has 1 aromatic heterocycles. The van der Waals surface area contributed by atoms with Crippen molar-refractivity contribution in [3.8, 4) is 5.69 Å². The van der Waals surface area contributed by atoms with Gasteiger partial charge in [0.25, 0.3) is 15.9 Å². The quantitative estimate of drug-likeness (QED) is 0.767. The molecule has 0 radical (unpaired) electrons. The molecule has 0 fully saturated rings. The molecule has 0 aliphatic heterocycles. The van der Waals surface area contributed by atoms with E-state index in [4.69, 9.17) is 0 Å². The highest BCUT2D eigenvalue weighted by Crippen LogP contribution is 2.34. The first kappa shape index (κ1) is 21.2. The van der Waals surface area contributed by atoms with Gasteiger partial charge < -0.3 is 4.90 Å². The number of alkyl halides is 3. The third-order valence-corrected chi connectivity index (χ3v) is 4.90. The van der Waals surface area contributed by atoms with Gasteiger partial charge in [0.05, 0.1) is 10.6 Å². The number of nitrogens with zero attached hydrogens (tertiary/aromatic N) is 4. The van der Waals surface area contributed by atoms with Gasteiger partial charge in [-0.25, -0.2) is 0 Å². The van der Waals surface area contributed by atoms with E-state index in [0.717, 1.165) is 10.7 Å². The van der Waals surface area contributed by atoms with Gasteiger partial charge in [-0.2, -0.15) is 31.3 Å². The van der Waals surface area contributed by atoms with Crippen molar-refractivity contribution in [2.75, 3.05) is 19.0 Å². The zero-order valence-electron chi connectivity index (χ0n) is 15.5. The minimum atomic E-state index is -4.76. The van der Waals surface area contributed by atoms with E-state index < -0.39 is 22.1 Å². The molecule has 0 amide bonds. The maximum atomic E-state index is 13.1. The maximum Gasteiger partial charge on any atom is 0.453 e. The fraction of sp³-hybridized carbons (Fsp3) is 0.500. The van der Waals surface area contributed by atoms with Crippen molar-refractivity contribution in [2.24, 2.45) is 0 Å². The largest absolute Gasteiger partial charge is 0.453 e. The van der Waals surface area contributed by atoms with Gasteiger partial charge in [0, 0.05) is 14.1 Å². The van der Waals surface area contributed by atoms with Crippen molar-refractivity contribution in [3.05, 3.63) is 29.1 Å². The molecule has 2 rings (SSSR count). The van der Waals surface area contributed by atoms with Crippen molar-refractivity contribution < 1.29 is 26.1 Å². The molecule has 0 spiro atoms. The highest BCUT2D eigenvalue weighted by atomic mass is 32.2. The van der Waals surface area contributed by atoms with Gasteiger partial charge in [-0.1, -0.05) is 26.8 Å². The first-order valence-electron chi connectivity index (χ1n) is 8.13. The molecule has 2 aromatic rings. The van der Waals surface area contributed by atoms with Crippen LogP contribution in [-0.4, -0.2) is 41.8 Å². The molecule has 27 heavy (non-hydrogen) atoms. The van der Waals surface area contributed by atoms with Crippen molar-refractivity contribution in [2.45, 2.75) is 44.2 Å². The molecular weight excluding hydrogens is 385 g/mol. The van der Waals surface area contributed by atoms with E-state index in [1.165, 1.54) is 19.0 Å². The zero-order chi connectivity index (χ0) is 20.7. The summed E-state index contributed by atoms with van der Waals surface area (Å²) in [6, 6.07) is 2.71. The Morgan fingerprint density at radius 3 is 2.26 bits per heavy atom. The first-order valence-corrected chi connectivity index (χ1v) is 9.57. The number of aromatic nitrogens is 3. The average molecular weight is 406 g/mol. The number of hydrogen-bond acceptors (Lipinski definition) is 5. The molecule has 0 saturated carbocycles. The summed E-state index contributed by atoms with van der Waals surface area (Å²) in [5.41, 5.74) is 1.06. The van der Waals surface area contributed by atoms with Crippen molar-refractivity contribution >= 4 is 16.1 Å². The number of aryl methyl sites for hydroxylation is 1. The average Bonchev–Trinajstić information content (AvgIpc) is 2.98. The van der Waals surface area contributed by atoms with Crippen LogP contribution in [-0.2, 0) is 22.7 Å². The Labute approximate surface area is 155 Å². The SMILES string of the molecule is CCc1cc(C(C)C)c(-n2nc(C(F)(F)F)nc2N(C)C)cc1S(=O)(=O)O. The molecule has 0 aliphatic rings. The first-order chi connectivity index (χ1) is 12.3. The van der Waals surface area contributed by atoms with Crippen LogP contribution in [0.4, 0.5) is 19.1 Å². The van der Waals surface area contributed by atoms with Crippen LogP contribution in [0, 0.1) is 0 Å².